The number of hydrogen-bond donors (Lipinski definition) is 2. The standard InChI is InChI=1S/C27H38O3/c1-5-9-19(7-3)25(21-11-15-23(28)16-12-21)27(30)26(20(8-4)10-6-2)22-13-17-24(29)18-14-22/h11-20,25-26,28-29H,5-10H2,1-4H3. The highest BCUT2D eigenvalue weighted by atomic mass is 16.3. The second-order valence-corrected chi connectivity index (χ2v) is 8.45. The van der Waals surface area contributed by atoms with Crippen molar-refractivity contribution in [1.29, 1.82) is 0 Å². The zero-order valence-electron chi connectivity index (χ0n) is 19.0. The van der Waals surface area contributed by atoms with E-state index >= 15 is 0 Å². The molecule has 0 saturated heterocycles. The maximum absolute atomic E-state index is 14.2. The second kappa shape index (κ2) is 11.8. The number of benzene rings is 2. The Morgan fingerprint density at radius 3 is 1.27 bits per heavy atom. The van der Waals surface area contributed by atoms with Gasteiger partial charge in [0.25, 0.3) is 0 Å². The van der Waals surface area contributed by atoms with Gasteiger partial charge in [0.1, 0.15) is 17.3 Å². The fourth-order valence-electron chi connectivity index (χ4n) is 4.85. The molecule has 0 radical (unpaired) electrons. The van der Waals surface area contributed by atoms with E-state index in [9.17, 15) is 15.0 Å². The fourth-order valence-corrected chi connectivity index (χ4v) is 4.85. The number of ketones is 1. The molecule has 0 aliphatic rings. The molecule has 0 bridgehead atoms. The lowest BCUT2D eigenvalue weighted by Gasteiger charge is -2.33. The summed E-state index contributed by atoms with van der Waals surface area (Å²) < 4.78 is 0. The Morgan fingerprint density at radius 1 is 0.667 bits per heavy atom. The number of Topliss-reactive ketones (excluding diaryl/α,β-unsaturated/α-hetero) is 1. The summed E-state index contributed by atoms with van der Waals surface area (Å²) in [6.07, 6.45) is 5.96. The molecule has 0 aliphatic carbocycles. The number of phenols is 2. The van der Waals surface area contributed by atoms with Crippen LogP contribution >= 0.6 is 0 Å². The minimum atomic E-state index is -0.194. The van der Waals surface area contributed by atoms with Gasteiger partial charge in [-0.05, 0) is 60.1 Å². The topological polar surface area (TPSA) is 57.5 Å². The summed E-state index contributed by atoms with van der Waals surface area (Å²) >= 11 is 0. The van der Waals surface area contributed by atoms with Crippen LogP contribution in [0.2, 0.25) is 0 Å². The Balaban J connectivity index is 2.56. The largest absolute Gasteiger partial charge is 0.508 e. The van der Waals surface area contributed by atoms with Crippen LogP contribution in [0, 0.1) is 11.8 Å². The highest BCUT2D eigenvalue weighted by Crippen LogP contribution is 2.41. The van der Waals surface area contributed by atoms with Crippen LogP contribution in [0.5, 0.6) is 11.5 Å². The van der Waals surface area contributed by atoms with Crippen molar-refractivity contribution in [1.82, 2.24) is 0 Å². The van der Waals surface area contributed by atoms with E-state index in [0.717, 1.165) is 49.7 Å². The van der Waals surface area contributed by atoms with Crippen molar-refractivity contribution in [3.05, 3.63) is 59.7 Å². The van der Waals surface area contributed by atoms with Gasteiger partial charge >= 0.3 is 0 Å². The first kappa shape index (κ1) is 24.0. The van der Waals surface area contributed by atoms with Crippen molar-refractivity contribution in [2.24, 2.45) is 11.8 Å². The summed E-state index contributed by atoms with van der Waals surface area (Å²) in [7, 11) is 0. The summed E-state index contributed by atoms with van der Waals surface area (Å²) in [4.78, 5) is 14.2. The Kier molecular flexibility index (Phi) is 9.42. The predicted octanol–water partition coefficient (Wildman–Crippen LogP) is 7.19. The first-order chi connectivity index (χ1) is 14.5. The van der Waals surface area contributed by atoms with Crippen LogP contribution in [-0.2, 0) is 4.79 Å². The summed E-state index contributed by atoms with van der Waals surface area (Å²) in [6, 6.07) is 14.4. The molecule has 30 heavy (non-hydrogen) atoms. The van der Waals surface area contributed by atoms with E-state index in [4.69, 9.17) is 0 Å². The molecular weight excluding hydrogens is 372 g/mol. The summed E-state index contributed by atoms with van der Waals surface area (Å²) in [5.74, 6) is 0.867. The van der Waals surface area contributed by atoms with Crippen LogP contribution in [0.15, 0.2) is 48.5 Å². The van der Waals surface area contributed by atoms with Gasteiger partial charge in [0.2, 0.25) is 0 Å². The molecule has 164 valence electrons. The number of hydrogen-bond acceptors (Lipinski definition) is 3. The van der Waals surface area contributed by atoms with E-state index < -0.39 is 0 Å². The Bertz CT molecular complexity index is 698. The van der Waals surface area contributed by atoms with E-state index in [1.165, 1.54) is 0 Å². The average molecular weight is 411 g/mol. The van der Waals surface area contributed by atoms with Crippen LogP contribution in [0.1, 0.15) is 89.2 Å². The Hall–Kier alpha value is -2.29. The van der Waals surface area contributed by atoms with E-state index in [0.29, 0.717) is 0 Å². The van der Waals surface area contributed by atoms with E-state index in [1.807, 2.05) is 24.3 Å². The van der Waals surface area contributed by atoms with Crippen LogP contribution in [0.3, 0.4) is 0 Å². The summed E-state index contributed by atoms with van der Waals surface area (Å²) in [5, 5.41) is 19.6. The molecule has 2 aromatic carbocycles. The molecule has 0 heterocycles. The van der Waals surface area contributed by atoms with Crippen molar-refractivity contribution < 1.29 is 15.0 Å². The van der Waals surface area contributed by atoms with Crippen LogP contribution in [-0.4, -0.2) is 16.0 Å². The van der Waals surface area contributed by atoms with Gasteiger partial charge in [-0.3, -0.25) is 4.79 Å². The predicted molar refractivity (Wildman–Crippen MR) is 124 cm³/mol. The Labute approximate surface area is 182 Å². The number of carbonyl (C=O) groups is 1. The van der Waals surface area contributed by atoms with Crippen LogP contribution in [0.25, 0.3) is 0 Å². The lowest BCUT2D eigenvalue weighted by molar-refractivity contribution is -0.124. The highest BCUT2D eigenvalue weighted by molar-refractivity contribution is 5.92. The number of aromatic hydroxyl groups is 2. The average Bonchev–Trinajstić information content (AvgIpc) is 2.75. The van der Waals surface area contributed by atoms with Gasteiger partial charge in [0.05, 0.1) is 0 Å². The van der Waals surface area contributed by atoms with Crippen molar-refractivity contribution >= 4 is 5.78 Å². The zero-order valence-corrected chi connectivity index (χ0v) is 19.0. The zero-order chi connectivity index (χ0) is 22.1. The monoisotopic (exact) mass is 410 g/mol. The molecule has 2 rings (SSSR count). The molecule has 0 spiro atoms. The second-order valence-electron chi connectivity index (χ2n) is 8.45. The smallest absolute Gasteiger partial charge is 0.148 e. The third-order valence-electron chi connectivity index (χ3n) is 6.43. The van der Waals surface area contributed by atoms with Crippen molar-refractivity contribution in [2.75, 3.05) is 0 Å². The highest BCUT2D eigenvalue weighted by Gasteiger charge is 2.37. The molecule has 2 aromatic rings. The number of rotatable bonds is 12. The maximum Gasteiger partial charge on any atom is 0.148 e. The van der Waals surface area contributed by atoms with Crippen LogP contribution < -0.4 is 0 Å². The molecule has 3 heteroatoms. The first-order valence-corrected chi connectivity index (χ1v) is 11.6. The normalized spacial score (nSPS) is 15.3. The number of phenolic OH excluding ortho intramolecular Hbond substituents is 2. The summed E-state index contributed by atoms with van der Waals surface area (Å²) in [6.45, 7) is 8.68. The minimum absolute atomic E-state index is 0.194. The van der Waals surface area contributed by atoms with Gasteiger partial charge in [-0.1, -0.05) is 77.6 Å². The molecule has 0 amide bonds. The van der Waals surface area contributed by atoms with Crippen LogP contribution in [0.4, 0.5) is 0 Å². The third-order valence-corrected chi connectivity index (χ3v) is 6.43. The first-order valence-electron chi connectivity index (χ1n) is 11.6. The summed E-state index contributed by atoms with van der Waals surface area (Å²) in [5.41, 5.74) is 1.99. The van der Waals surface area contributed by atoms with Crippen molar-refractivity contribution in [3.8, 4) is 11.5 Å². The molecule has 0 aromatic heterocycles. The lowest BCUT2D eigenvalue weighted by atomic mass is 9.69. The number of carbonyl (C=O) groups excluding carboxylic acids is 1. The van der Waals surface area contributed by atoms with Crippen molar-refractivity contribution in [3.63, 3.8) is 0 Å². The van der Waals surface area contributed by atoms with Crippen molar-refractivity contribution in [2.45, 2.75) is 78.1 Å². The van der Waals surface area contributed by atoms with Gasteiger partial charge < -0.3 is 10.2 Å². The maximum atomic E-state index is 14.2. The molecule has 0 aliphatic heterocycles. The molecule has 2 N–H and O–H groups in total. The quantitative estimate of drug-likeness (QED) is 0.389. The van der Waals surface area contributed by atoms with Gasteiger partial charge in [-0.25, -0.2) is 0 Å². The van der Waals surface area contributed by atoms with Gasteiger partial charge in [0, 0.05) is 11.8 Å². The molecule has 4 unspecified atom stereocenters. The minimum Gasteiger partial charge on any atom is -0.508 e. The van der Waals surface area contributed by atoms with E-state index in [2.05, 4.69) is 27.7 Å². The van der Waals surface area contributed by atoms with Gasteiger partial charge in [-0.15, -0.1) is 0 Å². The third kappa shape index (κ3) is 5.87. The van der Waals surface area contributed by atoms with Gasteiger partial charge in [-0.2, -0.15) is 0 Å². The molecule has 4 atom stereocenters. The van der Waals surface area contributed by atoms with E-state index in [1.54, 1.807) is 24.3 Å². The molecule has 3 nitrogen and oxygen atoms in total. The molecular formula is C27H38O3. The Morgan fingerprint density at radius 2 is 1.00 bits per heavy atom. The van der Waals surface area contributed by atoms with Gasteiger partial charge in [0.15, 0.2) is 0 Å². The SMILES string of the molecule is CCCC(CC)C(C(=O)C(c1ccc(O)cc1)C(CC)CCC)c1ccc(O)cc1. The lowest BCUT2D eigenvalue weighted by Crippen LogP contribution is -2.31. The fraction of sp³-hybridized carbons (Fsp3) is 0.519. The molecule has 0 saturated carbocycles. The molecule has 0 fully saturated rings. The van der Waals surface area contributed by atoms with E-state index in [-0.39, 0.29) is 41.0 Å².